The minimum absolute atomic E-state index is 0.349. The number of hydrogen-bond donors (Lipinski definition) is 1. The summed E-state index contributed by atoms with van der Waals surface area (Å²) in [5.74, 6) is 0.349. The molecule has 81 valence electrons. The van der Waals surface area contributed by atoms with Gasteiger partial charge in [-0.1, -0.05) is 28.1 Å². The molecular weight excluding hydrogens is 276 g/mol. The van der Waals surface area contributed by atoms with Crippen LogP contribution in [0.15, 0.2) is 28.7 Å². The van der Waals surface area contributed by atoms with Crippen LogP contribution in [0.3, 0.4) is 0 Å². The molecule has 1 atom stereocenters. The van der Waals surface area contributed by atoms with Gasteiger partial charge in [-0.2, -0.15) is 0 Å². The predicted octanol–water partition coefficient (Wildman–Crippen LogP) is 1.14. The summed E-state index contributed by atoms with van der Waals surface area (Å²) >= 11 is 3.33. The minimum atomic E-state index is -0.676. The van der Waals surface area contributed by atoms with E-state index in [1.54, 1.807) is 6.07 Å². The minimum Gasteiger partial charge on any atom is -0.441 e. The zero-order valence-electron chi connectivity index (χ0n) is 7.92. The maximum atomic E-state index is 10.3. The van der Waals surface area contributed by atoms with Gasteiger partial charge in [0.15, 0.2) is 11.9 Å². The third-order valence-electron chi connectivity index (χ3n) is 1.93. The highest BCUT2D eigenvalue weighted by molar-refractivity contribution is 9.10. The van der Waals surface area contributed by atoms with Crippen molar-refractivity contribution in [2.45, 2.75) is 6.10 Å². The van der Waals surface area contributed by atoms with Gasteiger partial charge in [0.2, 0.25) is 0 Å². The van der Waals surface area contributed by atoms with Crippen LogP contribution < -0.4 is 0 Å². The fourth-order valence-corrected chi connectivity index (χ4v) is 1.69. The SMILES string of the molecule is O=[C]OC(c1cccc(Br)c1)c1nnn[nH]1. The first-order chi connectivity index (χ1) is 7.81. The number of hydrogen-bond acceptors (Lipinski definition) is 5. The molecule has 0 aliphatic heterocycles. The number of rotatable bonds is 4. The van der Waals surface area contributed by atoms with E-state index in [0.717, 1.165) is 10.0 Å². The van der Waals surface area contributed by atoms with Crippen LogP contribution in [0.2, 0.25) is 0 Å². The highest BCUT2D eigenvalue weighted by Crippen LogP contribution is 2.24. The molecule has 0 amide bonds. The van der Waals surface area contributed by atoms with Crippen molar-refractivity contribution in [1.82, 2.24) is 20.6 Å². The van der Waals surface area contributed by atoms with E-state index in [-0.39, 0.29) is 0 Å². The van der Waals surface area contributed by atoms with Crippen molar-refractivity contribution >= 4 is 22.4 Å². The summed E-state index contributed by atoms with van der Waals surface area (Å²) in [4.78, 5) is 10.3. The number of tetrazole rings is 1. The van der Waals surface area contributed by atoms with Crippen LogP contribution in [0.5, 0.6) is 0 Å². The van der Waals surface area contributed by atoms with Crippen molar-refractivity contribution < 1.29 is 9.53 Å². The lowest BCUT2D eigenvalue weighted by molar-refractivity contribution is 0.207. The number of nitrogens with zero attached hydrogens (tertiary/aromatic N) is 3. The summed E-state index contributed by atoms with van der Waals surface area (Å²) in [5, 5.41) is 13.1. The molecule has 6 nitrogen and oxygen atoms in total. The molecule has 1 unspecified atom stereocenters. The third kappa shape index (κ3) is 2.25. The normalized spacial score (nSPS) is 12.1. The van der Waals surface area contributed by atoms with E-state index in [1.165, 1.54) is 6.47 Å². The average molecular weight is 282 g/mol. The Morgan fingerprint density at radius 3 is 3.00 bits per heavy atom. The van der Waals surface area contributed by atoms with Crippen molar-refractivity contribution in [3.8, 4) is 0 Å². The number of benzene rings is 1. The molecule has 1 aromatic carbocycles. The van der Waals surface area contributed by atoms with E-state index >= 15 is 0 Å². The fourth-order valence-electron chi connectivity index (χ4n) is 1.28. The molecule has 2 aromatic rings. The molecule has 0 aliphatic carbocycles. The van der Waals surface area contributed by atoms with Crippen LogP contribution >= 0.6 is 15.9 Å². The molecule has 0 spiro atoms. The van der Waals surface area contributed by atoms with E-state index in [0.29, 0.717) is 5.82 Å². The Balaban J connectivity index is 2.36. The molecular formula is C9H6BrN4O2. The maximum absolute atomic E-state index is 10.3. The van der Waals surface area contributed by atoms with Gasteiger partial charge in [-0.3, -0.25) is 0 Å². The maximum Gasteiger partial charge on any atom is 0.418 e. The van der Waals surface area contributed by atoms with Gasteiger partial charge >= 0.3 is 6.47 Å². The van der Waals surface area contributed by atoms with Crippen molar-refractivity contribution in [3.63, 3.8) is 0 Å². The lowest BCUT2D eigenvalue weighted by Gasteiger charge is -2.11. The van der Waals surface area contributed by atoms with Gasteiger partial charge in [-0.25, -0.2) is 9.89 Å². The first-order valence-corrected chi connectivity index (χ1v) is 5.12. The smallest absolute Gasteiger partial charge is 0.418 e. The van der Waals surface area contributed by atoms with Crippen LogP contribution in [0.25, 0.3) is 0 Å². The van der Waals surface area contributed by atoms with Crippen molar-refractivity contribution in [2.24, 2.45) is 0 Å². The second kappa shape index (κ2) is 4.84. The van der Waals surface area contributed by atoms with E-state index in [9.17, 15) is 4.79 Å². The van der Waals surface area contributed by atoms with Gasteiger partial charge in [0.1, 0.15) is 0 Å². The summed E-state index contributed by atoms with van der Waals surface area (Å²) in [6.07, 6.45) is -0.676. The standard InChI is InChI=1S/C9H6BrN4O2/c10-7-3-1-2-6(4-7)8(16-5-15)9-11-13-14-12-9/h1-4,8H,(H,11,12,13,14). The summed E-state index contributed by atoms with van der Waals surface area (Å²) < 4.78 is 5.70. The highest BCUT2D eigenvalue weighted by Gasteiger charge is 2.19. The second-order valence-electron chi connectivity index (χ2n) is 2.92. The zero-order valence-corrected chi connectivity index (χ0v) is 9.51. The fraction of sp³-hybridized carbons (Fsp3) is 0.111. The third-order valence-corrected chi connectivity index (χ3v) is 2.42. The summed E-state index contributed by atoms with van der Waals surface area (Å²) in [6, 6.07) is 7.30. The molecule has 0 saturated heterocycles. The Bertz CT molecular complexity index is 474. The zero-order chi connectivity index (χ0) is 11.4. The average Bonchev–Trinajstić information content (AvgIpc) is 2.79. The first kappa shape index (κ1) is 10.7. The lowest BCUT2D eigenvalue weighted by Crippen LogP contribution is -2.07. The van der Waals surface area contributed by atoms with Crippen LogP contribution in [0, 0.1) is 0 Å². The van der Waals surface area contributed by atoms with E-state index in [2.05, 4.69) is 36.6 Å². The van der Waals surface area contributed by atoms with Crippen molar-refractivity contribution in [1.29, 1.82) is 0 Å². The van der Waals surface area contributed by atoms with Crippen LogP contribution in [0.4, 0.5) is 0 Å². The molecule has 1 aromatic heterocycles. The van der Waals surface area contributed by atoms with E-state index < -0.39 is 6.10 Å². The Morgan fingerprint density at radius 2 is 2.38 bits per heavy atom. The van der Waals surface area contributed by atoms with Gasteiger partial charge in [0, 0.05) is 10.0 Å². The monoisotopic (exact) mass is 281 g/mol. The molecule has 0 aliphatic rings. The Labute approximate surface area is 99.1 Å². The van der Waals surface area contributed by atoms with Crippen LogP contribution in [-0.4, -0.2) is 27.1 Å². The number of aromatic nitrogens is 4. The van der Waals surface area contributed by atoms with E-state index in [1.807, 2.05) is 18.2 Å². The van der Waals surface area contributed by atoms with Gasteiger partial charge in [0.25, 0.3) is 0 Å². The van der Waals surface area contributed by atoms with Gasteiger partial charge < -0.3 is 4.74 Å². The van der Waals surface area contributed by atoms with Crippen LogP contribution in [0.1, 0.15) is 17.5 Å². The van der Waals surface area contributed by atoms with Crippen LogP contribution in [-0.2, 0) is 9.53 Å². The molecule has 0 saturated carbocycles. The molecule has 7 heteroatoms. The molecule has 16 heavy (non-hydrogen) atoms. The van der Waals surface area contributed by atoms with Gasteiger partial charge in [0.05, 0.1) is 0 Å². The first-order valence-electron chi connectivity index (χ1n) is 4.33. The number of H-pyrrole nitrogens is 1. The molecule has 0 fully saturated rings. The van der Waals surface area contributed by atoms with Crippen molar-refractivity contribution in [2.75, 3.05) is 0 Å². The van der Waals surface area contributed by atoms with E-state index in [4.69, 9.17) is 4.74 Å². The topological polar surface area (TPSA) is 80.8 Å². The number of nitrogens with one attached hydrogen (secondary N) is 1. The van der Waals surface area contributed by atoms with Gasteiger partial charge in [-0.05, 0) is 22.6 Å². The quantitative estimate of drug-likeness (QED) is 0.909. The Kier molecular flexibility index (Phi) is 3.25. The lowest BCUT2D eigenvalue weighted by atomic mass is 10.1. The van der Waals surface area contributed by atoms with Crippen molar-refractivity contribution in [3.05, 3.63) is 40.1 Å². The second-order valence-corrected chi connectivity index (χ2v) is 3.84. The molecule has 1 radical (unpaired) electrons. The Morgan fingerprint density at radius 1 is 1.50 bits per heavy atom. The molecule has 2 rings (SSSR count). The molecule has 0 bridgehead atoms. The Hall–Kier alpha value is -1.76. The number of carbonyl (C=O) groups excluding carboxylic acids is 1. The van der Waals surface area contributed by atoms with Gasteiger partial charge in [-0.15, -0.1) is 5.10 Å². The summed E-state index contributed by atoms with van der Waals surface area (Å²) in [6.45, 7) is 1.39. The summed E-state index contributed by atoms with van der Waals surface area (Å²) in [5.41, 5.74) is 0.747. The number of halogens is 1. The molecule has 1 N–H and O–H groups in total. The number of ether oxygens (including phenoxy) is 1. The molecule has 1 heterocycles. The summed E-state index contributed by atoms with van der Waals surface area (Å²) in [7, 11) is 0. The number of aromatic amines is 1. The largest absolute Gasteiger partial charge is 0.441 e. The highest BCUT2D eigenvalue weighted by atomic mass is 79.9. The predicted molar refractivity (Wildman–Crippen MR) is 56.9 cm³/mol.